The van der Waals surface area contributed by atoms with Crippen LogP contribution in [0.2, 0.25) is 0 Å². The highest BCUT2D eigenvalue weighted by Gasteiger charge is 2.11. The first-order chi connectivity index (χ1) is 6.90. The molecule has 0 bridgehead atoms. The first-order valence-electron chi connectivity index (χ1n) is 4.74. The maximum Gasteiger partial charge on any atom is 0.128 e. The molecule has 2 rings (SSSR count). The third kappa shape index (κ3) is 2.34. The Kier molecular flexibility index (Phi) is 3.54. The molecule has 2 heterocycles. The third-order valence-corrected chi connectivity index (χ3v) is 3.55. The molecule has 4 heteroatoms. The third-order valence-electron chi connectivity index (χ3n) is 2.30. The zero-order chi connectivity index (χ0) is 9.80. The maximum absolute atomic E-state index is 5.79. The molecule has 0 unspecified atom stereocenters. The molecule has 1 saturated heterocycles. The van der Waals surface area contributed by atoms with Crippen molar-refractivity contribution >= 4 is 29.2 Å². The van der Waals surface area contributed by atoms with Gasteiger partial charge in [-0.3, -0.25) is 0 Å². The monoisotopic (exact) mass is 228 g/mol. The van der Waals surface area contributed by atoms with E-state index in [0.29, 0.717) is 5.88 Å². The van der Waals surface area contributed by atoms with Gasteiger partial charge < -0.3 is 4.90 Å². The number of alkyl halides is 1. The van der Waals surface area contributed by atoms with Crippen molar-refractivity contribution in [2.24, 2.45) is 0 Å². The lowest BCUT2D eigenvalue weighted by atomic mass is 10.3. The molecule has 0 radical (unpaired) electrons. The summed E-state index contributed by atoms with van der Waals surface area (Å²) in [5, 5.41) is 0. The van der Waals surface area contributed by atoms with Crippen LogP contribution in [0.1, 0.15) is 5.56 Å². The zero-order valence-electron chi connectivity index (χ0n) is 7.95. The molecule has 0 aromatic carbocycles. The van der Waals surface area contributed by atoms with E-state index in [9.17, 15) is 0 Å². The number of nitrogens with zero attached hydrogens (tertiary/aromatic N) is 2. The summed E-state index contributed by atoms with van der Waals surface area (Å²) in [6.45, 7) is 2.20. The van der Waals surface area contributed by atoms with Gasteiger partial charge in [0.2, 0.25) is 0 Å². The number of rotatable bonds is 2. The number of hydrogen-bond donors (Lipinski definition) is 0. The summed E-state index contributed by atoms with van der Waals surface area (Å²) in [7, 11) is 0. The lowest BCUT2D eigenvalue weighted by molar-refractivity contribution is 0.838. The van der Waals surface area contributed by atoms with E-state index in [0.717, 1.165) is 24.5 Å². The summed E-state index contributed by atoms with van der Waals surface area (Å²) in [6, 6.07) is 4.05. The van der Waals surface area contributed by atoms with Crippen molar-refractivity contribution in [3.05, 3.63) is 23.9 Å². The fraction of sp³-hybridized carbons (Fsp3) is 0.500. The van der Waals surface area contributed by atoms with Crippen molar-refractivity contribution in [3.8, 4) is 0 Å². The highest BCUT2D eigenvalue weighted by Crippen LogP contribution is 2.18. The van der Waals surface area contributed by atoms with E-state index in [1.807, 2.05) is 24.0 Å². The van der Waals surface area contributed by atoms with Crippen LogP contribution in [0, 0.1) is 0 Å². The molecule has 2 nitrogen and oxygen atoms in total. The molecule has 0 N–H and O–H groups in total. The van der Waals surface area contributed by atoms with Crippen molar-refractivity contribution in [1.82, 2.24) is 4.98 Å². The molecule has 1 fully saturated rings. The van der Waals surface area contributed by atoms with Crippen LogP contribution in [-0.4, -0.2) is 29.6 Å². The molecule has 0 amide bonds. The number of anilines is 1. The van der Waals surface area contributed by atoms with Gasteiger partial charge in [0, 0.05) is 36.7 Å². The van der Waals surface area contributed by atoms with E-state index in [1.54, 1.807) is 0 Å². The summed E-state index contributed by atoms with van der Waals surface area (Å²) in [6.07, 6.45) is 1.84. The quantitative estimate of drug-likeness (QED) is 0.724. The van der Waals surface area contributed by atoms with Gasteiger partial charge in [-0.25, -0.2) is 4.98 Å². The topological polar surface area (TPSA) is 16.1 Å². The van der Waals surface area contributed by atoms with Gasteiger partial charge in [-0.15, -0.1) is 11.6 Å². The summed E-state index contributed by atoms with van der Waals surface area (Å²) in [5.74, 6) is 4.04. The van der Waals surface area contributed by atoms with E-state index in [4.69, 9.17) is 11.6 Å². The zero-order valence-corrected chi connectivity index (χ0v) is 9.52. The van der Waals surface area contributed by atoms with Gasteiger partial charge in [-0.05, 0) is 17.7 Å². The molecule has 0 aliphatic carbocycles. The van der Waals surface area contributed by atoms with Crippen molar-refractivity contribution in [2.75, 3.05) is 29.5 Å². The molecule has 1 aliphatic heterocycles. The standard InChI is InChI=1S/C10H13ClN2S/c11-8-9-1-2-12-10(7-9)13-3-5-14-6-4-13/h1-2,7H,3-6,8H2. The number of aromatic nitrogens is 1. The molecule has 1 aliphatic rings. The Morgan fingerprint density at radius 1 is 1.43 bits per heavy atom. The second-order valence-corrected chi connectivity index (χ2v) is 4.75. The van der Waals surface area contributed by atoms with Crippen LogP contribution in [0.15, 0.2) is 18.3 Å². The van der Waals surface area contributed by atoms with Gasteiger partial charge in [0.05, 0.1) is 0 Å². The first-order valence-corrected chi connectivity index (χ1v) is 6.42. The van der Waals surface area contributed by atoms with Crippen LogP contribution in [0.3, 0.4) is 0 Å². The molecule has 14 heavy (non-hydrogen) atoms. The summed E-state index contributed by atoms with van der Waals surface area (Å²) < 4.78 is 0. The molecule has 1 aromatic rings. The van der Waals surface area contributed by atoms with Gasteiger partial charge in [-0.1, -0.05) is 0 Å². The highest BCUT2D eigenvalue weighted by molar-refractivity contribution is 7.99. The van der Waals surface area contributed by atoms with Crippen LogP contribution >= 0.6 is 23.4 Å². The molecule has 0 spiro atoms. The van der Waals surface area contributed by atoms with E-state index < -0.39 is 0 Å². The van der Waals surface area contributed by atoms with E-state index >= 15 is 0 Å². The largest absolute Gasteiger partial charge is 0.355 e. The second kappa shape index (κ2) is 4.89. The summed E-state index contributed by atoms with van der Waals surface area (Å²) >= 11 is 7.80. The average Bonchev–Trinajstić information content (AvgIpc) is 2.30. The lowest BCUT2D eigenvalue weighted by Gasteiger charge is -2.27. The molecular formula is C10H13ClN2S. The van der Waals surface area contributed by atoms with Crippen molar-refractivity contribution in [2.45, 2.75) is 5.88 Å². The van der Waals surface area contributed by atoms with Crippen LogP contribution in [-0.2, 0) is 5.88 Å². The lowest BCUT2D eigenvalue weighted by Crippen LogP contribution is -2.33. The minimum atomic E-state index is 0.568. The van der Waals surface area contributed by atoms with Gasteiger partial charge in [0.15, 0.2) is 0 Å². The molecule has 1 aromatic heterocycles. The smallest absolute Gasteiger partial charge is 0.128 e. The van der Waals surface area contributed by atoms with Crippen LogP contribution in [0.4, 0.5) is 5.82 Å². The molecule has 0 saturated carbocycles. The van der Waals surface area contributed by atoms with Crippen LogP contribution < -0.4 is 4.90 Å². The van der Waals surface area contributed by atoms with E-state index in [-0.39, 0.29) is 0 Å². The van der Waals surface area contributed by atoms with Gasteiger partial charge >= 0.3 is 0 Å². The minimum Gasteiger partial charge on any atom is -0.355 e. The molecular weight excluding hydrogens is 216 g/mol. The van der Waals surface area contributed by atoms with Crippen molar-refractivity contribution < 1.29 is 0 Å². The Hall–Kier alpha value is -0.410. The molecule has 0 atom stereocenters. The highest BCUT2D eigenvalue weighted by atomic mass is 35.5. The summed E-state index contributed by atoms with van der Waals surface area (Å²) in [5.41, 5.74) is 1.15. The number of hydrogen-bond acceptors (Lipinski definition) is 3. The second-order valence-electron chi connectivity index (χ2n) is 3.26. The average molecular weight is 229 g/mol. The predicted octanol–water partition coefficient (Wildman–Crippen LogP) is 2.37. The van der Waals surface area contributed by atoms with Gasteiger partial charge in [0.25, 0.3) is 0 Å². The van der Waals surface area contributed by atoms with Crippen LogP contribution in [0.5, 0.6) is 0 Å². The van der Waals surface area contributed by atoms with E-state index in [1.165, 1.54) is 11.5 Å². The number of pyridine rings is 1. The Balaban J connectivity index is 2.13. The molecule has 76 valence electrons. The predicted molar refractivity (Wildman–Crippen MR) is 63.3 cm³/mol. The van der Waals surface area contributed by atoms with E-state index in [2.05, 4.69) is 16.0 Å². The Bertz CT molecular complexity index is 300. The Labute approximate surface area is 93.7 Å². The van der Waals surface area contributed by atoms with Gasteiger partial charge in [-0.2, -0.15) is 11.8 Å². The van der Waals surface area contributed by atoms with Crippen molar-refractivity contribution in [3.63, 3.8) is 0 Å². The number of thioether (sulfide) groups is 1. The Morgan fingerprint density at radius 2 is 2.21 bits per heavy atom. The number of halogens is 1. The van der Waals surface area contributed by atoms with Gasteiger partial charge in [0.1, 0.15) is 5.82 Å². The van der Waals surface area contributed by atoms with Crippen LogP contribution in [0.25, 0.3) is 0 Å². The fourth-order valence-electron chi connectivity index (χ4n) is 1.51. The SMILES string of the molecule is ClCc1ccnc(N2CCSCC2)c1. The normalized spacial score (nSPS) is 17.1. The maximum atomic E-state index is 5.79. The van der Waals surface area contributed by atoms with Crippen molar-refractivity contribution in [1.29, 1.82) is 0 Å². The summed E-state index contributed by atoms with van der Waals surface area (Å²) in [4.78, 5) is 6.69. The fourth-order valence-corrected chi connectivity index (χ4v) is 2.58. The first kappa shape index (κ1) is 10.1. The Morgan fingerprint density at radius 3 is 2.93 bits per heavy atom. The minimum absolute atomic E-state index is 0.568.